The average Bonchev–Trinajstić information content (AvgIpc) is 3.29. The molecule has 0 aliphatic heterocycles. The van der Waals surface area contributed by atoms with E-state index in [4.69, 9.17) is 23.7 Å². The Labute approximate surface area is 186 Å². The van der Waals surface area contributed by atoms with Crippen molar-refractivity contribution in [3.63, 3.8) is 0 Å². The Bertz CT molecular complexity index is 980. The van der Waals surface area contributed by atoms with Gasteiger partial charge in [-0.1, -0.05) is 6.07 Å². The lowest BCUT2D eigenvalue weighted by Crippen LogP contribution is -2.16. The first-order valence-electron chi connectivity index (χ1n) is 9.80. The lowest BCUT2D eigenvalue weighted by molar-refractivity contribution is 0.324. The predicted octanol–water partition coefficient (Wildman–Crippen LogP) is 4.19. The van der Waals surface area contributed by atoms with E-state index in [1.54, 1.807) is 46.9 Å². The minimum absolute atomic E-state index is 0.579. The van der Waals surface area contributed by atoms with Crippen molar-refractivity contribution in [3.8, 4) is 39.2 Å². The van der Waals surface area contributed by atoms with E-state index in [0.717, 1.165) is 39.9 Å². The molecule has 0 bridgehead atoms. The van der Waals surface area contributed by atoms with Crippen molar-refractivity contribution in [1.82, 2.24) is 10.3 Å². The molecule has 0 aliphatic rings. The zero-order valence-corrected chi connectivity index (χ0v) is 19.3. The highest BCUT2D eigenvalue weighted by atomic mass is 32.1. The SMILES string of the molecule is COc1ccc(CCNCc2ncc(-c3cc(OC)c(OC)c(OC)c3)s2)cc1OC. The summed E-state index contributed by atoms with van der Waals surface area (Å²) in [6.45, 7) is 1.52. The van der Waals surface area contributed by atoms with Crippen LogP contribution < -0.4 is 29.0 Å². The maximum Gasteiger partial charge on any atom is 0.203 e. The van der Waals surface area contributed by atoms with Gasteiger partial charge in [-0.15, -0.1) is 11.3 Å². The number of nitrogens with zero attached hydrogens (tertiary/aromatic N) is 1. The zero-order valence-electron chi connectivity index (χ0n) is 18.5. The molecule has 3 aromatic rings. The molecule has 3 rings (SSSR count). The van der Waals surface area contributed by atoms with Crippen LogP contribution in [0, 0.1) is 0 Å². The number of ether oxygens (including phenoxy) is 5. The number of thiazole rings is 1. The second-order valence-electron chi connectivity index (χ2n) is 6.65. The molecule has 2 aromatic carbocycles. The zero-order chi connectivity index (χ0) is 22.2. The highest BCUT2D eigenvalue weighted by Crippen LogP contribution is 2.42. The van der Waals surface area contributed by atoms with Crippen molar-refractivity contribution in [2.45, 2.75) is 13.0 Å². The van der Waals surface area contributed by atoms with Crippen molar-refractivity contribution in [3.05, 3.63) is 47.1 Å². The Morgan fingerprint density at radius 1 is 0.806 bits per heavy atom. The fourth-order valence-corrected chi connectivity index (χ4v) is 4.09. The van der Waals surface area contributed by atoms with Crippen LogP contribution in [0.4, 0.5) is 0 Å². The van der Waals surface area contributed by atoms with Crippen molar-refractivity contribution >= 4 is 11.3 Å². The van der Waals surface area contributed by atoms with Crippen LogP contribution in [0.2, 0.25) is 0 Å². The Kier molecular flexibility index (Phi) is 7.97. The topological polar surface area (TPSA) is 71.1 Å². The van der Waals surface area contributed by atoms with Gasteiger partial charge in [0.05, 0.1) is 40.4 Å². The Balaban J connectivity index is 1.61. The lowest BCUT2D eigenvalue weighted by Gasteiger charge is -2.13. The molecule has 0 saturated carbocycles. The highest BCUT2D eigenvalue weighted by Gasteiger charge is 2.15. The molecule has 1 heterocycles. The van der Waals surface area contributed by atoms with Crippen LogP contribution in [0.5, 0.6) is 28.7 Å². The first-order chi connectivity index (χ1) is 15.1. The molecule has 0 amide bonds. The molecule has 0 atom stereocenters. The first kappa shape index (κ1) is 22.7. The van der Waals surface area contributed by atoms with E-state index >= 15 is 0 Å². The monoisotopic (exact) mass is 444 g/mol. The molecule has 7 nitrogen and oxygen atoms in total. The third-order valence-electron chi connectivity index (χ3n) is 4.82. The molecule has 0 fully saturated rings. The van der Waals surface area contributed by atoms with Gasteiger partial charge in [-0.2, -0.15) is 0 Å². The summed E-state index contributed by atoms with van der Waals surface area (Å²) in [6, 6.07) is 9.85. The van der Waals surface area contributed by atoms with E-state index in [2.05, 4.69) is 16.4 Å². The number of aromatic nitrogens is 1. The minimum Gasteiger partial charge on any atom is -0.493 e. The molecule has 1 N–H and O–H groups in total. The summed E-state index contributed by atoms with van der Waals surface area (Å²) >= 11 is 1.63. The minimum atomic E-state index is 0.579. The van der Waals surface area contributed by atoms with E-state index in [0.29, 0.717) is 23.8 Å². The van der Waals surface area contributed by atoms with Crippen LogP contribution in [0.3, 0.4) is 0 Å². The van der Waals surface area contributed by atoms with Crippen molar-refractivity contribution in [2.75, 3.05) is 42.1 Å². The first-order valence-corrected chi connectivity index (χ1v) is 10.6. The van der Waals surface area contributed by atoms with Gasteiger partial charge in [0.2, 0.25) is 5.75 Å². The molecule has 0 unspecified atom stereocenters. The van der Waals surface area contributed by atoms with Gasteiger partial charge >= 0.3 is 0 Å². The van der Waals surface area contributed by atoms with Gasteiger partial charge in [-0.25, -0.2) is 4.98 Å². The van der Waals surface area contributed by atoms with Gasteiger partial charge in [0.1, 0.15) is 5.01 Å². The van der Waals surface area contributed by atoms with E-state index in [9.17, 15) is 0 Å². The molecule has 8 heteroatoms. The number of benzene rings is 2. The Morgan fingerprint density at radius 2 is 1.48 bits per heavy atom. The van der Waals surface area contributed by atoms with E-state index in [1.807, 2.05) is 30.5 Å². The molecule has 166 valence electrons. The average molecular weight is 445 g/mol. The van der Waals surface area contributed by atoms with Gasteiger partial charge in [0.15, 0.2) is 23.0 Å². The summed E-state index contributed by atoms with van der Waals surface area (Å²) in [5.74, 6) is 3.31. The largest absolute Gasteiger partial charge is 0.493 e. The van der Waals surface area contributed by atoms with E-state index in [1.165, 1.54) is 5.56 Å². The highest BCUT2D eigenvalue weighted by molar-refractivity contribution is 7.15. The van der Waals surface area contributed by atoms with Gasteiger partial charge in [-0.05, 0) is 42.8 Å². The maximum atomic E-state index is 5.45. The van der Waals surface area contributed by atoms with Crippen LogP contribution in [0.15, 0.2) is 36.5 Å². The van der Waals surface area contributed by atoms with Crippen LogP contribution in [-0.4, -0.2) is 47.1 Å². The molecular formula is C23H28N2O5S. The van der Waals surface area contributed by atoms with Crippen LogP contribution in [0.1, 0.15) is 10.6 Å². The van der Waals surface area contributed by atoms with Gasteiger partial charge < -0.3 is 29.0 Å². The third kappa shape index (κ3) is 5.39. The standard InChI is InChI=1S/C23H28N2O5S/c1-26-17-7-6-15(10-18(17)27-2)8-9-24-14-22-25-13-21(31-22)16-11-19(28-3)23(30-5)20(12-16)29-4/h6-7,10-13,24H,8-9,14H2,1-5H3. The number of hydrogen-bond donors (Lipinski definition) is 1. The molecule has 0 aliphatic carbocycles. The van der Waals surface area contributed by atoms with Gasteiger partial charge in [-0.3, -0.25) is 0 Å². The van der Waals surface area contributed by atoms with Gasteiger partial charge in [0, 0.05) is 18.3 Å². The summed E-state index contributed by atoms with van der Waals surface area (Å²) in [7, 11) is 8.11. The quantitative estimate of drug-likeness (QED) is 0.445. The van der Waals surface area contributed by atoms with E-state index in [-0.39, 0.29) is 0 Å². The Hall–Kier alpha value is -2.97. The van der Waals surface area contributed by atoms with Crippen LogP contribution in [-0.2, 0) is 13.0 Å². The van der Waals surface area contributed by atoms with E-state index < -0.39 is 0 Å². The van der Waals surface area contributed by atoms with Crippen LogP contribution in [0.25, 0.3) is 10.4 Å². The summed E-state index contributed by atoms with van der Waals surface area (Å²) in [6.07, 6.45) is 2.75. The molecule has 31 heavy (non-hydrogen) atoms. The summed E-state index contributed by atoms with van der Waals surface area (Å²) in [5.41, 5.74) is 2.16. The van der Waals surface area contributed by atoms with Crippen molar-refractivity contribution < 1.29 is 23.7 Å². The number of nitrogens with one attached hydrogen (secondary N) is 1. The molecule has 0 radical (unpaired) electrons. The maximum absolute atomic E-state index is 5.45. The van der Waals surface area contributed by atoms with Gasteiger partial charge in [0.25, 0.3) is 0 Å². The normalized spacial score (nSPS) is 10.6. The number of hydrogen-bond acceptors (Lipinski definition) is 8. The second-order valence-corrected chi connectivity index (χ2v) is 7.76. The summed E-state index contributed by atoms with van der Waals surface area (Å²) in [5, 5.41) is 4.46. The third-order valence-corrected chi connectivity index (χ3v) is 5.86. The smallest absolute Gasteiger partial charge is 0.203 e. The van der Waals surface area contributed by atoms with Crippen molar-refractivity contribution in [1.29, 1.82) is 0 Å². The molecule has 0 saturated heterocycles. The van der Waals surface area contributed by atoms with Crippen LogP contribution >= 0.6 is 11.3 Å². The number of methoxy groups -OCH3 is 5. The molecular weight excluding hydrogens is 416 g/mol. The fraction of sp³-hybridized carbons (Fsp3) is 0.348. The summed E-state index contributed by atoms with van der Waals surface area (Å²) < 4.78 is 26.9. The number of rotatable bonds is 11. The molecule has 1 aromatic heterocycles. The molecule has 0 spiro atoms. The summed E-state index contributed by atoms with van der Waals surface area (Å²) in [4.78, 5) is 5.59. The fourth-order valence-electron chi connectivity index (χ4n) is 3.21. The lowest BCUT2D eigenvalue weighted by atomic mass is 10.1. The second kappa shape index (κ2) is 10.9. The predicted molar refractivity (Wildman–Crippen MR) is 122 cm³/mol. The van der Waals surface area contributed by atoms with Crippen molar-refractivity contribution in [2.24, 2.45) is 0 Å². The Morgan fingerprint density at radius 3 is 2.10 bits per heavy atom.